The first kappa shape index (κ1) is 9.09. The minimum atomic E-state index is 0.940. The SMILES string of the molecule is CCC1C(C)C(C)C(C)[C@@H]1C. The van der Waals surface area contributed by atoms with E-state index >= 15 is 0 Å². The van der Waals surface area contributed by atoms with Gasteiger partial charge in [-0.25, -0.2) is 0 Å². The maximum Gasteiger partial charge on any atom is -0.0360 e. The zero-order chi connectivity index (χ0) is 8.59. The van der Waals surface area contributed by atoms with Crippen LogP contribution in [-0.4, -0.2) is 0 Å². The molecule has 1 saturated carbocycles. The van der Waals surface area contributed by atoms with E-state index in [9.17, 15) is 0 Å². The van der Waals surface area contributed by atoms with E-state index in [0.717, 1.165) is 29.6 Å². The summed E-state index contributed by atoms with van der Waals surface area (Å²) in [6, 6.07) is 0. The minimum absolute atomic E-state index is 0.940. The third-order valence-electron chi connectivity index (χ3n) is 4.31. The molecule has 1 aliphatic rings. The summed E-state index contributed by atoms with van der Waals surface area (Å²) >= 11 is 0. The van der Waals surface area contributed by atoms with E-state index in [-0.39, 0.29) is 0 Å². The molecule has 0 spiro atoms. The zero-order valence-corrected chi connectivity index (χ0v) is 8.59. The summed E-state index contributed by atoms with van der Waals surface area (Å²) in [5.74, 6) is 4.76. The Balaban J connectivity index is 2.69. The second kappa shape index (κ2) is 3.16. The van der Waals surface area contributed by atoms with E-state index in [1.54, 1.807) is 0 Å². The molecule has 5 atom stereocenters. The standard InChI is InChI=1S/C11H22/c1-6-11-9(4)7(2)8(3)10(11)5/h7-11H,6H2,1-5H3/t7?,8?,9-,10?,11?/m0/s1. The summed E-state index contributed by atoms with van der Waals surface area (Å²) in [6.45, 7) is 12.0. The normalized spacial score (nSPS) is 51.5. The molecule has 0 amide bonds. The fourth-order valence-corrected chi connectivity index (χ4v) is 2.96. The van der Waals surface area contributed by atoms with Crippen LogP contribution in [0.15, 0.2) is 0 Å². The molecule has 0 nitrogen and oxygen atoms in total. The molecular formula is C11H22. The van der Waals surface area contributed by atoms with Crippen molar-refractivity contribution in [2.24, 2.45) is 29.6 Å². The van der Waals surface area contributed by atoms with Crippen LogP contribution in [0.4, 0.5) is 0 Å². The van der Waals surface area contributed by atoms with Crippen LogP contribution in [0.2, 0.25) is 0 Å². The molecule has 1 rings (SSSR count). The highest BCUT2D eigenvalue weighted by atomic mass is 14.4. The van der Waals surface area contributed by atoms with Crippen molar-refractivity contribution in [1.29, 1.82) is 0 Å². The van der Waals surface area contributed by atoms with Crippen molar-refractivity contribution in [3.8, 4) is 0 Å². The van der Waals surface area contributed by atoms with Gasteiger partial charge in [0, 0.05) is 0 Å². The molecule has 0 radical (unpaired) electrons. The lowest BCUT2D eigenvalue weighted by Crippen LogP contribution is -2.11. The molecule has 4 unspecified atom stereocenters. The van der Waals surface area contributed by atoms with E-state index in [0.29, 0.717) is 0 Å². The first-order valence-corrected chi connectivity index (χ1v) is 5.09. The maximum atomic E-state index is 2.43. The number of hydrogen-bond donors (Lipinski definition) is 0. The smallest absolute Gasteiger partial charge is 0.0360 e. The van der Waals surface area contributed by atoms with Crippen LogP contribution in [0.5, 0.6) is 0 Å². The second-order valence-corrected chi connectivity index (χ2v) is 4.51. The third-order valence-corrected chi connectivity index (χ3v) is 4.31. The summed E-state index contributed by atoms with van der Waals surface area (Å²) < 4.78 is 0. The van der Waals surface area contributed by atoms with Gasteiger partial charge < -0.3 is 0 Å². The van der Waals surface area contributed by atoms with Crippen LogP contribution in [-0.2, 0) is 0 Å². The topological polar surface area (TPSA) is 0 Å². The first-order chi connectivity index (χ1) is 5.09. The van der Waals surface area contributed by atoms with Crippen LogP contribution >= 0.6 is 0 Å². The molecule has 0 aromatic rings. The van der Waals surface area contributed by atoms with Gasteiger partial charge in [0.25, 0.3) is 0 Å². The van der Waals surface area contributed by atoms with Crippen molar-refractivity contribution in [3.63, 3.8) is 0 Å². The molecule has 11 heavy (non-hydrogen) atoms. The summed E-state index contributed by atoms with van der Waals surface area (Å²) in [5.41, 5.74) is 0. The van der Waals surface area contributed by atoms with Crippen LogP contribution in [0, 0.1) is 29.6 Å². The Morgan fingerprint density at radius 3 is 1.27 bits per heavy atom. The average Bonchev–Trinajstić information content (AvgIpc) is 2.17. The lowest BCUT2D eigenvalue weighted by atomic mass is 9.87. The molecule has 0 saturated heterocycles. The molecule has 0 heteroatoms. The zero-order valence-electron chi connectivity index (χ0n) is 8.59. The average molecular weight is 154 g/mol. The van der Waals surface area contributed by atoms with Crippen LogP contribution in [0.3, 0.4) is 0 Å². The predicted molar refractivity (Wildman–Crippen MR) is 50.4 cm³/mol. The Bertz CT molecular complexity index is 114. The van der Waals surface area contributed by atoms with Crippen LogP contribution < -0.4 is 0 Å². The predicted octanol–water partition coefficient (Wildman–Crippen LogP) is 3.57. The molecule has 1 aliphatic carbocycles. The summed E-state index contributed by atoms with van der Waals surface area (Å²) in [5, 5.41) is 0. The monoisotopic (exact) mass is 154 g/mol. The number of rotatable bonds is 1. The van der Waals surface area contributed by atoms with E-state index < -0.39 is 0 Å². The van der Waals surface area contributed by atoms with Crippen molar-refractivity contribution in [2.75, 3.05) is 0 Å². The second-order valence-electron chi connectivity index (χ2n) is 4.51. The fraction of sp³-hybridized carbons (Fsp3) is 1.00. The maximum absolute atomic E-state index is 2.43. The Morgan fingerprint density at radius 1 is 0.727 bits per heavy atom. The van der Waals surface area contributed by atoms with Crippen molar-refractivity contribution in [2.45, 2.75) is 41.0 Å². The Hall–Kier alpha value is 0. The summed E-state index contributed by atoms with van der Waals surface area (Å²) in [7, 11) is 0. The van der Waals surface area contributed by atoms with Gasteiger partial charge in [-0.2, -0.15) is 0 Å². The largest absolute Gasteiger partial charge is 0.0651 e. The van der Waals surface area contributed by atoms with Gasteiger partial charge in [0.05, 0.1) is 0 Å². The third kappa shape index (κ3) is 1.32. The fourth-order valence-electron chi connectivity index (χ4n) is 2.96. The van der Waals surface area contributed by atoms with Gasteiger partial charge in [-0.1, -0.05) is 41.0 Å². The number of hydrogen-bond acceptors (Lipinski definition) is 0. The first-order valence-electron chi connectivity index (χ1n) is 5.09. The van der Waals surface area contributed by atoms with Crippen molar-refractivity contribution < 1.29 is 0 Å². The molecule has 0 N–H and O–H groups in total. The Labute approximate surface area is 71.4 Å². The van der Waals surface area contributed by atoms with Gasteiger partial charge in [0.15, 0.2) is 0 Å². The van der Waals surface area contributed by atoms with E-state index in [1.165, 1.54) is 6.42 Å². The highest BCUT2D eigenvalue weighted by Gasteiger charge is 2.39. The van der Waals surface area contributed by atoms with Crippen molar-refractivity contribution in [1.82, 2.24) is 0 Å². The van der Waals surface area contributed by atoms with Gasteiger partial charge >= 0.3 is 0 Å². The van der Waals surface area contributed by atoms with Gasteiger partial charge in [-0.05, 0) is 29.6 Å². The highest BCUT2D eigenvalue weighted by Crippen LogP contribution is 2.46. The van der Waals surface area contributed by atoms with Gasteiger partial charge in [-0.3, -0.25) is 0 Å². The lowest BCUT2D eigenvalue weighted by molar-refractivity contribution is 0.311. The van der Waals surface area contributed by atoms with Gasteiger partial charge in [0.1, 0.15) is 0 Å². The Kier molecular flexibility index (Phi) is 2.61. The molecule has 1 fully saturated rings. The molecule has 0 aliphatic heterocycles. The molecular weight excluding hydrogens is 132 g/mol. The van der Waals surface area contributed by atoms with Gasteiger partial charge in [0.2, 0.25) is 0 Å². The molecule has 0 aromatic heterocycles. The minimum Gasteiger partial charge on any atom is -0.0651 e. The van der Waals surface area contributed by atoms with E-state index in [4.69, 9.17) is 0 Å². The summed E-state index contributed by atoms with van der Waals surface area (Å²) in [4.78, 5) is 0. The highest BCUT2D eigenvalue weighted by molar-refractivity contribution is 4.88. The quantitative estimate of drug-likeness (QED) is 0.541. The van der Waals surface area contributed by atoms with E-state index in [2.05, 4.69) is 34.6 Å². The summed E-state index contributed by atoms with van der Waals surface area (Å²) in [6.07, 6.45) is 1.37. The van der Waals surface area contributed by atoms with Crippen molar-refractivity contribution >= 4 is 0 Å². The Morgan fingerprint density at radius 2 is 1.09 bits per heavy atom. The van der Waals surface area contributed by atoms with E-state index in [1.807, 2.05) is 0 Å². The van der Waals surface area contributed by atoms with Gasteiger partial charge in [-0.15, -0.1) is 0 Å². The van der Waals surface area contributed by atoms with Crippen LogP contribution in [0.25, 0.3) is 0 Å². The molecule has 0 aromatic carbocycles. The lowest BCUT2D eigenvalue weighted by Gasteiger charge is -2.18. The molecule has 66 valence electrons. The van der Waals surface area contributed by atoms with Crippen molar-refractivity contribution in [3.05, 3.63) is 0 Å². The molecule has 0 heterocycles. The molecule has 0 bridgehead atoms. The van der Waals surface area contributed by atoms with Crippen LogP contribution in [0.1, 0.15) is 41.0 Å².